The Morgan fingerprint density at radius 3 is 2.91 bits per heavy atom. The lowest BCUT2D eigenvalue weighted by molar-refractivity contribution is -0.384. The predicted molar refractivity (Wildman–Crippen MR) is 85.7 cm³/mol. The van der Waals surface area contributed by atoms with Gasteiger partial charge in [0.15, 0.2) is 0 Å². The second-order valence-electron chi connectivity index (χ2n) is 6.14. The quantitative estimate of drug-likeness (QED) is 0.665. The molecule has 2 aromatic rings. The number of amides is 1. The van der Waals surface area contributed by atoms with E-state index in [2.05, 4.69) is 4.98 Å². The lowest BCUT2D eigenvalue weighted by Crippen LogP contribution is -2.38. The Balaban J connectivity index is 1.91. The number of aromatic amines is 1. The maximum atomic E-state index is 11.2. The fourth-order valence-electron chi connectivity index (χ4n) is 3.54. The van der Waals surface area contributed by atoms with Crippen molar-refractivity contribution < 1.29 is 14.8 Å². The van der Waals surface area contributed by atoms with Gasteiger partial charge in [0.05, 0.1) is 4.92 Å². The maximum Gasteiger partial charge on any atom is 0.407 e. The molecule has 0 radical (unpaired) electrons. The molecule has 1 amide bonds. The molecule has 0 bridgehead atoms. The molecule has 122 valence electrons. The minimum Gasteiger partial charge on any atom is -0.465 e. The summed E-state index contributed by atoms with van der Waals surface area (Å²) in [6.07, 6.45) is 4.53. The molecule has 0 spiro atoms. The number of nitrogens with zero attached hydrogens (tertiary/aromatic N) is 2. The van der Waals surface area contributed by atoms with Crippen LogP contribution in [0.3, 0.4) is 0 Å². The SMILES string of the molecule is CN(C(=O)O)[C@@H]1CCC[C@H](c2c[nH]c3ccc([N+](=O)[O-])cc23)C1. The molecule has 1 aliphatic rings. The van der Waals surface area contributed by atoms with Crippen LogP contribution in [0.4, 0.5) is 10.5 Å². The molecular weight excluding hydrogens is 298 g/mol. The van der Waals surface area contributed by atoms with Crippen LogP contribution >= 0.6 is 0 Å². The van der Waals surface area contributed by atoms with Gasteiger partial charge in [-0.3, -0.25) is 10.1 Å². The summed E-state index contributed by atoms with van der Waals surface area (Å²) in [7, 11) is 1.61. The number of nitro benzene ring substituents is 1. The van der Waals surface area contributed by atoms with Gasteiger partial charge >= 0.3 is 6.09 Å². The highest BCUT2D eigenvalue weighted by atomic mass is 16.6. The van der Waals surface area contributed by atoms with Gasteiger partial charge in [-0.15, -0.1) is 0 Å². The average Bonchev–Trinajstić information content (AvgIpc) is 2.97. The van der Waals surface area contributed by atoms with Gasteiger partial charge in [-0.2, -0.15) is 0 Å². The number of benzene rings is 1. The molecular formula is C16H19N3O4. The summed E-state index contributed by atoms with van der Waals surface area (Å²) in [5, 5.41) is 21.0. The van der Waals surface area contributed by atoms with Gasteiger partial charge in [-0.05, 0) is 36.8 Å². The number of fused-ring (bicyclic) bond motifs is 1. The largest absolute Gasteiger partial charge is 0.465 e. The lowest BCUT2D eigenvalue weighted by atomic mass is 9.81. The third kappa shape index (κ3) is 2.86. The number of rotatable bonds is 3. The fourth-order valence-corrected chi connectivity index (χ4v) is 3.54. The van der Waals surface area contributed by atoms with Crippen LogP contribution in [0.25, 0.3) is 10.9 Å². The second kappa shape index (κ2) is 5.91. The van der Waals surface area contributed by atoms with Crippen LogP contribution in [-0.4, -0.2) is 39.1 Å². The first-order chi connectivity index (χ1) is 11.0. The molecule has 7 nitrogen and oxygen atoms in total. The van der Waals surface area contributed by atoms with Crippen molar-refractivity contribution in [2.75, 3.05) is 7.05 Å². The van der Waals surface area contributed by atoms with E-state index in [0.717, 1.165) is 42.1 Å². The smallest absolute Gasteiger partial charge is 0.407 e. The van der Waals surface area contributed by atoms with Crippen LogP contribution in [0.2, 0.25) is 0 Å². The number of hydrogen-bond acceptors (Lipinski definition) is 3. The molecule has 23 heavy (non-hydrogen) atoms. The fraction of sp³-hybridized carbons (Fsp3) is 0.438. The number of aromatic nitrogens is 1. The monoisotopic (exact) mass is 317 g/mol. The third-order valence-corrected chi connectivity index (χ3v) is 4.84. The van der Waals surface area contributed by atoms with E-state index in [1.54, 1.807) is 19.2 Å². The third-order valence-electron chi connectivity index (χ3n) is 4.84. The van der Waals surface area contributed by atoms with Gasteiger partial charge in [0.25, 0.3) is 5.69 Å². The Kier molecular flexibility index (Phi) is 3.94. The van der Waals surface area contributed by atoms with Crippen LogP contribution in [0.1, 0.15) is 37.2 Å². The highest BCUT2D eigenvalue weighted by molar-refractivity contribution is 5.86. The summed E-state index contributed by atoms with van der Waals surface area (Å²) < 4.78 is 0. The minimum absolute atomic E-state index is 0.00472. The Labute approximate surface area is 133 Å². The van der Waals surface area contributed by atoms with Crippen molar-refractivity contribution in [2.45, 2.75) is 37.6 Å². The number of nitrogens with one attached hydrogen (secondary N) is 1. The highest BCUT2D eigenvalue weighted by Crippen LogP contribution is 2.38. The molecule has 0 aliphatic heterocycles. The summed E-state index contributed by atoms with van der Waals surface area (Å²) >= 11 is 0. The number of carbonyl (C=O) groups is 1. The van der Waals surface area contributed by atoms with Gasteiger partial charge < -0.3 is 15.0 Å². The summed E-state index contributed by atoms with van der Waals surface area (Å²) in [5.41, 5.74) is 2.00. The zero-order valence-corrected chi connectivity index (χ0v) is 12.9. The Morgan fingerprint density at radius 1 is 1.43 bits per heavy atom. The van der Waals surface area contributed by atoms with E-state index in [1.807, 2.05) is 6.20 Å². The van der Waals surface area contributed by atoms with E-state index in [4.69, 9.17) is 5.11 Å². The first-order valence-electron chi connectivity index (χ1n) is 7.68. The Morgan fingerprint density at radius 2 is 2.22 bits per heavy atom. The summed E-state index contributed by atoms with van der Waals surface area (Å²) in [4.78, 5) is 26.3. The van der Waals surface area contributed by atoms with Gasteiger partial charge in [0.1, 0.15) is 0 Å². The molecule has 7 heteroatoms. The van der Waals surface area contributed by atoms with Crippen LogP contribution in [0.15, 0.2) is 24.4 Å². The van der Waals surface area contributed by atoms with Crippen molar-refractivity contribution in [3.8, 4) is 0 Å². The molecule has 1 aromatic carbocycles. The molecule has 1 saturated carbocycles. The van der Waals surface area contributed by atoms with E-state index in [1.165, 1.54) is 11.0 Å². The zero-order valence-electron chi connectivity index (χ0n) is 12.9. The van der Waals surface area contributed by atoms with Gasteiger partial charge in [0, 0.05) is 42.3 Å². The van der Waals surface area contributed by atoms with Crippen LogP contribution in [0.5, 0.6) is 0 Å². The lowest BCUT2D eigenvalue weighted by Gasteiger charge is -2.33. The topological polar surface area (TPSA) is 99.5 Å². The predicted octanol–water partition coefficient (Wildman–Crippen LogP) is 3.71. The average molecular weight is 317 g/mol. The molecule has 0 unspecified atom stereocenters. The van der Waals surface area contributed by atoms with Crippen LogP contribution in [-0.2, 0) is 0 Å². The summed E-state index contributed by atoms with van der Waals surface area (Å²) in [5.74, 6) is 0.214. The first-order valence-corrected chi connectivity index (χ1v) is 7.68. The van der Waals surface area contributed by atoms with Crippen molar-refractivity contribution >= 4 is 22.7 Å². The van der Waals surface area contributed by atoms with Crippen molar-refractivity contribution in [3.63, 3.8) is 0 Å². The van der Waals surface area contributed by atoms with E-state index in [0.29, 0.717) is 0 Å². The molecule has 2 atom stereocenters. The second-order valence-corrected chi connectivity index (χ2v) is 6.14. The van der Waals surface area contributed by atoms with Gasteiger partial charge in [-0.25, -0.2) is 4.79 Å². The molecule has 1 aromatic heterocycles. The molecule has 3 rings (SSSR count). The summed E-state index contributed by atoms with van der Waals surface area (Å²) in [6, 6.07) is 4.81. The van der Waals surface area contributed by atoms with Crippen LogP contribution in [0, 0.1) is 10.1 Å². The van der Waals surface area contributed by atoms with Gasteiger partial charge in [0.2, 0.25) is 0 Å². The molecule has 1 heterocycles. The van der Waals surface area contributed by atoms with E-state index in [9.17, 15) is 14.9 Å². The van der Waals surface area contributed by atoms with Crippen molar-refractivity contribution in [2.24, 2.45) is 0 Å². The number of non-ortho nitro benzene ring substituents is 1. The molecule has 0 saturated heterocycles. The normalized spacial score (nSPS) is 21.3. The first kappa shape index (κ1) is 15.3. The van der Waals surface area contributed by atoms with Crippen LogP contribution < -0.4 is 0 Å². The van der Waals surface area contributed by atoms with Crippen molar-refractivity contribution in [1.29, 1.82) is 0 Å². The summed E-state index contributed by atoms with van der Waals surface area (Å²) in [6.45, 7) is 0. The molecule has 2 N–H and O–H groups in total. The van der Waals surface area contributed by atoms with E-state index < -0.39 is 11.0 Å². The van der Waals surface area contributed by atoms with E-state index in [-0.39, 0.29) is 17.6 Å². The number of H-pyrrole nitrogens is 1. The number of nitro groups is 1. The van der Waals surface area contributed by atoms with E-state index >= 15 is 0 Å². The maximum absolute atomic E-state index is 11.2. The Hall–Kier alpha value is -2.57. The molecule has 1 aliphatic carbocycles. The molecule has 1 fully saturated rings. The minimum atomic E-state index is -0.912. The standard InChI is InChI=1S/C16H19N3O4/c1-18(16(20)21)11-4-2-3-10(7-11)14-9-17-15-6-5-12(19(22)23)8-13(14)15/h5-6,8-11,17H,2-4,7H2,1H3,(H,20,21)/t10-,11+/m0/s1. The number of carboxylic acid groups (broad SMARTS) is 1. The highest BCUT2D eigenvalue weighted by Gasteiger charge is 2.29. The van der Waals surface area contributed by atoms with Crippen molar-refractivity contribution in [3.05, 3.63) is 40.1 Å². The number of hydrogen-bond donors (Lipinski definition) is 2. The zero-order chi connectivity index (χ0) is 16.6. The Bertz CT molecular complexity index is 755. The van der Waals surface area contributed by atoms with Gasteiger partial charge in [-0.1, -0.05) is 6.42 Å². The van der Waals surface area contributed by atoms with Crippen molar-refractivity contribution in [1.82, 2.24) is 9.88 Å².